The van der Waals surface area contributed by atoms with Crippen LogP contribution in [0.3, 0.4) is 0 Å². The first-order valence-corrected chi connectivity index (χ1v) is 10.4. The Balaban J connectivity index is 1.52. The molecule has 0 radical (unpaired) electrons. The van der Waals surface area contributed by atoms with Crippen LogP contribution in [0.25, 0.3) is 0 Å². The second-order valence-electron chi connectivity index (χ2n) is 7.63. The molecule has 1 heterocycles. The lowest BCUT2D eigenvalue weighted by Crippen LogP contribution is -2.48. The van der Waals surface area contributed by atoms with Crippen LogP contribution < -0.4 is 10.6 Å². The number of furan rings is 1. The van der Waals surface area contributed by atoms with Crippen molar-refractivity contribution in [2.45, 2.75) is 57.4 Å². The molecule has 150 valence electrons. The Hall–Kier alpha value is -2.56. The average Bonchev–Trinajstić information content (AvgIpc) is 3.27. The first-order chi connectivity index (χ1) is 13.7. The summed E-state index contributed by atoms with van der Waals surface area (Å²) in [6.45, 7) is 0.650. The molecule has 1 unspecified atom stereocenters. The minimum Gasteiger partial charge on any atom is -0.459 e. The van der Waals surface area contributed by atoms with Crippen LogP contribution in [-0.2, 0) is 11.2 Å². The highest BCUT2D eigenvalue weighted by Crippen LogP contribution is 2.26. The van der Waals surface area contributed by atoms with Gasteiger partial charge in [0, 0.05) is 13.0 Å². The maximum atomic E-state index is 12.7. The molecular weight excluding hydrogens is 352 g/mol. The summed E-state index contributed by atoms with van der Waals surface area (Å²) in [7, 11) is 0. The second-order valence-corrected chi connectivity index (χ2v) is 7.63. The van der Waals surface area contributed by atoms with Crippen LogP contribution in [-0.4, -0.2) is 24.4 Å². The smallest absolute Gasteiger partial charge is 0.287 e. The number of rotatable bonds is 9. The third-order valence-corrected chi connectivity index (χ3v) is 5.46. The van der Waals surface area contributed by atoms with Gasteiger partial charge in [-0.25, -0.2) is 0 Å². The molecule has 1 aromatic heterocycles. The van der Waals surface area contributed by atoms with Crippen LogP contribution in [0.15, 0.2) is 53.1 Å². The second kappa shape index (κ2) is 10.7. The van der Waals surface area contributed by atoms with Gasteiger partial charge in [0.15, 0.2) is 5.76 Å². The summed E-state index contributed by atoms with van der Waals surface area (Å²) >= 11 is 0. The van der Waals surface area contributed by atoms with Crippen molar-refractivity contribution in [3.05, 3.63) is 60.1 Å². The molecule has 1 aliphatic carbocycles. The van der Waals surface area contributed by atoms with Gasteiger partial charge in [0.25, 0.3) is 5.91 Å². The molecule has 0 bridgehead atoms. The molecule has 5 heteroatoms. The zero-order valence-electron chi connectivity index (χ0n) is 16.4. The van der Waals surface area contributed by atoms with Crippen molar-refractivity contribution in [2.75, 3.05) is 6.54 Å². The number of hydrogen-bond acceptors (Lipinski definition) is 3. The number of carbonyl (C=O) groups excluding carboxylic acids is 2. The number of nitrogens with one attached hydrogen (secondary N) is 2. The maximum Gasteiger partial charge on any atom is 0.287 e. The summed E-state index contributed by atoms with van der Waals surface area (Å²) < 4.78 is 5.15. The molecule has 1 aromatic carbocycles. The van der Waals surface area contributed by atoms with Gasteiger partial charge in [-0.2, -0.15) is 0 Å². The van der Waals surface area contributed by atoms with E-state index in [0.717, 1.165) is 17.9 Å². The van der Waals surface area contributed by atoms with Gasteiger partial charge in [-0.1, -0.05) is 62.4 Å². The predicted molar refractivity (Wildman–Crippen MR) is 109 cm³/mol. The quantitative estimate of drug-likeness (QED) is 0.642. The molecule has 28 heavy (non-hydrogen) atoms. The molecule has 1 fully saturated rings. The predicted octanol–water partition coefficient (Wildman–Crippen LogP) is 4.10. The van der Waals surface area contributed by atoms with E-state index in [1.165, 1.54) is 44.8 Å². The van der Waals surface area contributed by atoms with Crippen LogP contribution in [0.5, 0.6) is 0 Å². The summed E-state index contributed by atoms with van der Waals surface area (Å²) in [6, 6.07) is 12.3. The highest BCUT2D eigenvalue weighted by Gasteiger charge is 2.23. The average molecular weight is 383 g/mol. The molecule has 1 aliphatic rings. The van der Waals surface area contributed by atoms with E-state index in [1.54, 1.807) is 12.1 Å². The topological polar surface area (TPSA) is 71.3 Å². The van der Waals surface area contributed by atoms with E-state index < -0.39 is 6.04 Å². The van der Waals surface area contributed by atoms with Gasteiger partial charge in [0.2, 0.25) is 5.91 Å². The van der Waals surface area contributed by atoms with Gasteiger partial charge in [0.1, 0.15) is 6.04 Å². The normalized spacial score (nSPS) is 15.7. The minimum absolute atomic E-state index is 0.146. The Labute approximate surface area is 166 Å². The Morgan fingerprint density at radius 3 is 2.54 bits per heavy atom. The lowest BCUT2D eigenvalue weighted by atomic mass is 9.86. The van der Waals surface area contributed by atoms with E-state index in [4.69, 9.17) is 4.42 Å². The van der Waals surface area contributed by atoms with Crippen molar-refractivity contribution in [1.29, 1.82) is 0 Å². The van der Waals surface area contributed by atoms with Crippen molar-refractivity contribution in [3.63, 3.8) is 0 Å². The van der Waals surface area contributed by atoms with E-state index in [2.05, 4.69) is 10.6 Å². The van der Waals surface area contributed by atoms with Crippen LogP contribution in [0.1, 0.15) is 61.1 Å². The fraction of sp³-hybridized carbons (Fsp3) is 0.478. The van der Waals surface area contributed by atoms with E-state index in [0.29, 0.717) is 13.0 Å². The van der Waals surface area contributed by atoms with Gasteiger partial charge in [0.05, 0.1) is 6.26 Å². The van der Waals surface area contributed by atoms with Crippen LogP contribution in [0.2, 0.25) is 0 Å². The largest absolute Gasteiger partial charge is 0.459 e. The maximum absolute atomic E-state index is 12.7. The van der Waals surface area contributed by atoms with E-state index in [9.17, 15) is 9.59 Å². The minimum atomic E-state index is -0.630. The molecule has 2 amide bonds. The van der Waals surface area contributed by atoms with Gasteiger partial charge in [-0.15, -0.1) is 0 Å². The molecule has 1 saturated carbocycles. The lowest BCUT2D eigenvalue weighted by molar-refractivity contribution is -0.123. The molecule has 2 N–H and O–H groups in total. The van der Waals surface area contributed by atoms with E-state index in [1.807, 2.05) is 30.3 Å². The molecule has 1 atom stereocenters. The SMILES string of the molecule is O=C(NC(Cc1ccccc1)C(=O)NCCCC1CCCCC1)c1ccco1. The zero-order valence-corrected chi connectivity index (χ0v) is 16.4. The van der Waals surface area contributed by atoms with Crippen LogP contribution >= 0.6 is 0 Å². The summed E-state index contributed by atoms with van der Waals surface area (Å²) in [5, 5.41) is 5.82. The Morgan fingerprint density at radius 2 is 1.82 bits per heavy atom. The van der Waals surface area contributed by atoms with Gasteiger partial charge in [-0.3, -0.25) is 9.59 Å². The molecule has 0 saturated heterocycles. The van der Waals surface area contributed by atoms with Crippen molar-refractivity contribution in [2.24, 2.45) is 5.92 Å². The fourth-order valence-corrected chi connectivity index (χ4v) is 3.90. The van der Waals surface area contributed by atoms with Crippen LogP contribution in [0.4, 0.5) is 0 Å². The monoisotopic (exact) mass is 382 g/mol. The zero-order chi connectivity index (χ0) is 19.6. The van der Waals surface area contributed by atoms with Crippen molar-refractivity contribution < 1.29 is 14.0 Å². The summed E-state index contributed by atoms with van der Waals surface area (Å²) in [4.78, 5) is 25.1. The lowest BCUT2D eigenvalue weighted by Gasteiger charge is -2.22. The molecular formula is C23H30N2O3. The molecule has 0 spiro atoms. The van der Waals surface area contributed by atoms with Gasteiger partial charge >= 0.3 is 0 Å². The Kier molecular flexibility index (Phi) is 7.71. The highest BCUT2D eigenvalue weighted by molar-refractivity contribution is 5.95. The number of carbonyl (C=O) groups is 2. The highest BCUT2D eigenvalue weighted by atomic mass is 16.3. The first kappa shape index (κ1) is 20.2. The van der Waals surface area contributed by atoms with Crippen LogP contribution in [0, 0.1) is 5.92 Å². The molecule has 2 aromatic rings. The van der Waals surface area contributed by atoms with Crippen molar-refractivity contribution in [1.82, 2.24) is 10.6 Å². The molecule has 3 rings (SSSR count). The standard InChI is InChI=1S/C23H30N2O3/c26-22(24-15-7-13-18-9-3-1-4-10-18)20(17-19-11-5-2-6-12-19)25-23(27)21-14-8-16-28-21/h2,5-6,8,11-12,14,16,18,20H,1,3-4,7,9-10,13,15,17H2,(H,24,26)(H,25,27). The number of benzene rings is 1. The van der Waals surface area contributed by atoms with E-state index >= 15 is 0 Å². The first-order valence-electron chi connectivity index (χ1n) is 10.4. The van der Waals surface area contributed by atoms with Crippen molar-refractivity contribution >= 4 is 11.8 Å². The van der Waals surface area contributed by atoms with E-state index in [-0.39, 0.29) is 17.6 Å². The third kappa shape index (κ3) is 6.25. The fourth-order valence-electron chi connectivity index (χ4n) is 3.90. The number of hydrogen-bond donors (Lipinski definition) is 2. The molecule has 0 aliphatic heterocycles. The van der Waals surface area contributed by atoms with Crippen molar-refractivity contribution in [3.8, 4) is 0 Å². The Morgan fingerprint density at radius 1 is 1.04 bits per heavy atom. The summed E-state index contributed by atoms with van der Waals surface area (Å²) in [6.07, 6.45) is 10.7. The summed E-state index contributed by atoms with van der Waals surface area (Å²) in [5.41, 5.74) is 1.00. The van der Waals surface area contributed by atoms with Gasteiger partial charge in [-0.05, 0) is 36.5 Å². The Bertz CT molecular complexity index is 722. The van der Waals surface area contributed by atoms with Gasteiger partial charge < -0.3 is 15.1 Å². The summed E-state index contributed by atoms with van der Waals surface area (Å²) in [5.74, 6) is 0.503. The number of amides is 2. The molecule has 5 nitrogen and oxygen atoms in total. The third-order valence-electron chi connectivity index (χ3n) is 5.46.